The Morgan fingerprint density at radius 2 is 1.95 bits per heavy atom. The number of nitrogens with one attached hydrogen (secondary N) is 1. The van der Waals surface area contributed by atoms with Gasteiger partial charge in [-0.15, -0.1) is 0 Å². The van der Waals surface area contributed by atoms with Gasteiger partial charge in [-0.1, -0.05) is 11.6 Å². The molecule has 0 fully saturated rings. The summed E-state index contributed by atoms with van der Waals surface area (Å²) in [6.45, 7) is 0.256. The van der Waals surface area contributed by atoms with E-state index in [9.17, 15) is 32.5 Å². The summed E-state index contributed by atoms with van der Waals surface area (Å²) in [7, 11) is 0. The summed E-state index contributed by atoms with van der Waals surface area (Å²) in [5.74, 6) is -3.57. The molecule has 0 spiro atoms. The SMILES string of the molecule is CC(Nc1cc(F)c(Cl)cc1[N+](=O)[O-])(C(=O)O)C(F)(F)F. The monoisotopic (exact) mass is 330 g/mol. The van der Waals surface area contributed by atoms with Crippen molar-refractivity contribution in [3.05, 3.63) is 33.1 Å². The predicted octanol–water partition coefficient (Wildman–Crippen LogP) is 3.20. The topological polar surface area (TPSA) is 92.5 Å². The summed E-state index contributed by atoms with van der Waals surface area (Å²) in [4.78, 5) is 20.5. The van der Waals surface area contributed by atoms with Crippen LogP contribution in [0.5, 0.6) is 0 Å². The van der Waals surface area contributed by atoms with E-state index in [1.807, 2.05) is 0 Å². The molecule has 0 radical (unpaired) electrons. The fourth-order valence-corrected chi connectivity index (χ4v) is 1.46. The molecule has 0 saturated carbocycles. The summed E-state index contributed by atoms with van der Waals surface area (Å²) in [5, 5.41) is 20.2. The van der Waals surface area contributed by atoms with Crippen LogP contribution in [0.15, 0.2) is 12.1 Å². The highest BCUT2D eigenvalue weighted by Gasteiger charge is 2.58. The Bertz CT molecular complexity index is 607. The number of rotatable bonds is 4. The van der Waals surface area contributed by atoms with Crippen LogP contribution >= 0.6 is 11.6 Å². The molecule has 1 aromatic rings. The number of carboxylic acid groups (broad SMARTS) is 1. The van der Waals surface area contributed by atoms with Crippen LogP contribution in [0.1, 0.15) is 6.92 Å². The van der Waals surface area contributed by atoms with Gasteiger partial charge in [0.05, 0.1) is 9.95 Å². The van der Waals surface area contributed by atoms with E-state index >= 15 is 0 Å². The summed E-state index contributed by atoms with van der Waals surface area (Å²) in [6, 6.07) is 0.811. The largest absolute Gasteiger partial charge is 0.479 e. The fraction of sp³-hybridized carbons (Fsp3) is 0.300. The summed E-state index contributed by atoms with van der Waals surface area (Å²) in [5.41, 5.74) is -5.49. The molecule has 116 valence electrons. The van der Waals surface area contributed by atoms with Crippen molar-refractivity contribution < 1.29 is 32.4 Å². The van der Waals surface area contributed by atoms with Crippen LogP contribution in [0.3, 0.4) is 0 Å². The molecule has 2 N–H and O–H groups in total. The first-order valence-corrected chi connectivity index (χ1v) is 5.49. The third-order valence-electron chi connectivity index (χ3n) is 2.61. The molecule has 0 aliphatic carbocycles. The number of nitro groups is 1. The Morgan fingerprint density at radius 1 is 1.43 bits per heavy atom. The van der Waals surface area contributed by atoms with Crippen LogP contribution < -0.4 is 5.32 Å². The van der Waals surface area contributed by atoms with Crippen molar-refractivity contribution in [2.45, 2.75) is 18.6 Å². The first-order valence-electron chi connectivity index (χ1n) is 5.12. The lowest BCUT2D eigenvalue weighted by Crippen LogP contribution is -2.55. The van der Waals surface area contributed by atoms with Gasteiger partial charge in [-0.2, -0.15) is 13.2 Å². The minimum atomic E-state index is -5.29. The molecule has 0 aliphatic heterocycles. The van der Waals surface area contributed by atoms with Gasteiger partial charge in [0, 0.05) is 12.1 Å². The van der Waals surface area contributed by atoms with E-state index in [1.165, 1.54) is 5.32 Å². The quantitative estimate of drug-likeness (QED) is 0.502. The molecule has 21 heavy (non-hydrogen) atoms. The van der Waals surface area contributed by atoms with Gasteiger partial charge >= 0.3 is 12.1 Å². The van der Waals surface area contributed by atoms with E-state index in [2.05, 4.69) is 0 Å². The first kappa shape index (κ1) is 17.0. The molecular weight excluding hydrogens is 324 g/mol. The average Bonchev–Trinajstić information content (AvgIpc) is 2.31. The van der Waals surface area contributed by atoms with Crippen molar-refractivity contribution in [3.8, 4) is 0 Å². The van der Waals surface area contributed by atoms with Crippen molar-refractivity contribution in [3.63, 3.8) is 0 Å². The van der Waals surface area contributed by atoms with Crippen LogP contribution in [0, 0.1) is 15.9 Å². The van der Waals surface area contributed by atoms with Crippen LogP contribution in [0.4, 0.5) is 28.9 Å². The highest BCUT2D eigenvalue weighted by molar-refractivity contribution is 6.31. The molecule has 1 aromatic carbocycles. The number of alkyl halides is 3. The number of hydrogen-bond donors (Lipinski definition) is 2. The van der Waals surface area contributed by atoms with Crippen molar-refractivity contribution >= 4 is 28.9 Å². The molecule has 1 rings (SSSR count). The normalized spacial score (nSPS) is 14.4. The smallest absolute Gasteiger partial charge is 0.422 e. The maximum atomic E-state index is 13.3. The molecular formula is C10H7ClF4N2O4. The molecule has 1 atom stereocenters. The Kier molecular flexibility index (Phi) is 4.32. The predicted molar refractivity (Wildman–Crippen MR) is 63.8 cm³/mol. The van der Waals surface area contributed by atoms with Gasteiger partial charge in [-0.3, -0.25) is 10.1 Å². The second-order valence-corrected chi connectivity index (χ2v) is 4.50. The molecule has 0 aromatic heterocycles. The number of benzene rings is 1. The Balaban J connectivity index is 3.44. The third-order valence-corrected chi connectivity index (χ3v) is 2.90. The lowest BCUT2D eigenvalue weighted by Gasteiger charge is -2.29. The summed E-state index contributed by atoms with van der Waals surface area (Å²) >= 11 is 5.31. The Morgan fingerprint density at radius 3 is 2.33 bits per heavy atom. The van der Waals surface area contributed by atoms with Crippen LogP contribution in [0.2, 0.25) is 5.02 Å². The lowest BCUT2D eigenvalue weighted by molar-refractivity contribution is -0.384. The van der Waals surface area contributed by atoms with Gasteiger partial charge in [-0.25, -0.2) is 9.18 Å². The number of nitrogens with zero attached hydrogens (tertiary/aromatic N) is 1. The van der Waals surface area contributed by atoms with Gasteiger partial charge in [0.15, 0.2) is 0 Å². The van der Waals surface area contributed by atoms with Gasteiger partial charge in [-0.05, 0) is 6.92 Å². The standard InChI is InChI=1S/C10H7ClF4N2O4/c1-9(8(18)19,10(13,14)15)16-6-3-5(12)4(11)2-7(6)17(20)21/h2-3,16H,1H3,(H,18,19). The van der Waals surface area contributed by atoms with Gasteiger partial charge in [0.1, 0.15) is 11.5 Å². The van der Waals surface area contributed by atoms with Crippen molar-refractivity contribution in [2.75, 3.05) is 5.32 Å². The molecule has 0 amide bonds. The third kappa shape index (κ3) is 3.15. The minimum absolute atomic E-state index is 0.256. The maximum Gasteiger partial charge on any atom is 0.422 e. The average molecular weight is 331 g/mol. The zero-order chi connectivity index (χ0) is 16.6. The Labute approximate surface area is 119 Å². The van der Waals surface area contributed by atoms with Crippen molar-refractivity contribution in [2.24, 2.45) is 0 Å². The van der Waals surface area contributed by atoms with Crippen molar-refractivity contribution in [1.29, 1.82) is 0 Å². The highest BCUT2D eigenvalue weighted by Crippen LogP contribution is 2.38. The molecule has 0 bridgehead atoms. The van der Waals surface area contributed by atoms with E-state index in [4.69, 9.17) is 16.7 Å². The van der Waals surface area contributed by atoms with Gasteiger partial charge < -0.3 is 10.4 Å². The van der Waals surface area contributed by atoms with E-state index < -0.39 is 44.8 Å². The van der Waals surface area contributed by atoms with E-state index in [0.29, 0.717) is 12.1 Å². The second-order valence-electron chi connectivity index (χ2n) is 4.09. The van der Waals surface area contributed by atoms with E-state index in [-0.39, 0.29) is 6.92 Å². The van der Waals surface area contributed by atoms with E-state index in [0.717, 1.165) is 0 Å². The highest BCUT2D eigenvalue weighted by atomic mass is 35.5. The fourth-order valence-electron chi connectivity index (χ4n) is 1.30. The number of halogens is 5. The number of nitro benzene ring substituents is 1. The molecule has 1 unspecified atom stereocenters. The maximum absolute atomic E-state index is 13.3. The zero-order valence-corrected chi connectivity index (χ0v) is 10.9. The number of anilines is 1. The van der Waals surface area contributed by atoms with Crippen LogP contribution in [-0.2, 0) is 4.79 Å². The molecule has 11 heteroatoms. The number of hydrogen-bond acceptors (Lipinski definition) is 4. The van der Waals surface area contributed by atoms with E-state index in [1.54, 1.807) is 0 Å². The molecule has 6 nitrogen and oxygen atoms in total. The zero-order valence-electron chi connectivity index (χ0n) is 10.2. The van der Waals surface area contributed by atoms with Crippen molar-refractivity contribution in [1.82, 2.24) is 0 Å². The molecule has 0 aliphatic rings. The lowest BCUT2D eigenvalue weighted by atomic mass is 10.0. The Hall–Kier alpha value is -2.10. The van der Waals surface area contributed by atoms with Crippen LogP contribution in [0.25, 0.3) is 0 Å². The number of aliphatic carboxylic acids is 1. The number of carbonyl (C=O) groups is 1. The second kappa shape index (κ2) is 5.35. The van der Waals surface area contributed by atoms with Gasteiger partial charge in [0.2, 0.25) is 5.54 Å². The van der Waals surface area contributed by atoms with Gasteiger partial charge in [0.25, 0.3) is 5.69 Å². The summed E-state index contributed by atoms with van der Waals surface area (Å²) < 4.78 is 51.7. The number of carboxylic acids is 1. The summed E-state index contributed by atoms with van der Waals surface area (Å²) in [6.07, 6.45) is -5.29. The van der Waals surface area contributed by atoms with Crippen LogP contribution in [-0.4, -0.2) is 27.7 Å². The molecule has 0 heterocycles. The minimum Gasteiger partial charge on any atom is -0.479 e. The first-order chi connectivity index (χ1) is 9.40. The molecule has 0 saturated heterocycles.